The molecular formula is C16H17NO2. The molecule has 0 amide bonds. The fourth-order valence-electron chi connectivity index (χ4n) is 3.02. The second-order valence-electron chi connectivity index (χ2n) is 5.16. The molecule has 2 N–H and O–H groups in total. The van der Waals surface area contributed by atoms with Gasteiger partial charge in [-0.2, -0.15) is 0 Å². The van der Waals surface area contributed by atoms with Crippen LogP contribution in [0.2, 0.25) is 0 Å². The minimum absolute atomic E-state index is 0.184. The van der Waals surface area contributed by atoms with Crippen molar-refractivity contribution in [3.63, 3.8) is 0 Å². The lowest BCUT2D eigenvalue weighted by Crippen LogP contribution is -2.36. The molecular weight excluding hydrogens is 238 g/mol. The van der Waals surface area contributed by atoms with Crippen molar-refractivity contribution in [2.24, 2.45) is 5.92 Å². The van der Waals surface area contributed by atoms with E-state index in [0.717, 1.165) is 19.4 Å². The van der Waals surface area contributed by atoms with Gasteiger partial charge in [0.1, 0.15) is 6.04 Å². The van der Waals surface area contributed by atoms with Crippen LogP contribution in [-0.2, 0) is 11.2 Å². The topological polar surface area (TPSA) is 49.3 Å². The zero-order valence-electron chi connectivity index (χ0n) is 10.7. The smallest absolute Gasteiger partial charge is 0.320 e. The van der Waals surface area contributed by atoms with Gasteiger partial charge in [0.2, 0.25) is 0 Å². The molecule has 1 heterocycles. The third-order valence-corrected chi connectivity index (χ3v) is 3.98. The summed E-state index contributed by atoms with van der Waals surface area (Å²) in [6, 6.07) is 14.1. The molecule has 1 aliphatic rings. The lowest BCUT2D eigenvalue weighted by Gasteiger charge is -2.16. The molecule has 0 radical (unpaired) electrons. The standard InChI is InChI=1S/C16H17NO2/c18-16(19)15-13(8-9-17-15)10-12-6-3-5-11-4-1-2-7-14(11)12/h1-7,13,15,17H,8-10H2,(H,18,19)/t13?,15-/m0/s1. The van der Waals surface area contributed by atoms with E-state index in [0.29, 0.717) is 0 Å². The summed E-state index contributed by atoms with van der Waals surface area (Å²) in [6.07, 6.45) is 1.76. The molecule has 0 spiro atoms. The number of carboxylic acid groups (broad SMARTS) is 1. The predicted octanol–water partition coefficient (Wildman–Crippen LogP) is 2.45. The van der Waals surface area contributed by atoms with Crippen LogP contribution < -0.4 is 5.32 Å². The summed E-state index contributed by atoms with van der Waals surface area (Å²) in [4.78, 5) is 11.2. The van der Waals surface area contributed by atoms with Crippen LogP contribution in [0.4, 0.5) is 0 Å². The molecule has 1 unspecified atom stereocenters. The maximum Gasteiger partial charge on any atom is 0.320 e. The summed E-state index contributed by atoms with van der Waals surface area (Å²) in [5.74, 6) is -0.550. The van der Waals surface area contributed by atoms with Crippen molar-refractivity contribution < 1.29 is 9.90 Å². The van der Waals surface area contributed by atoms with Crippen LogP contribution in [0.3, 0.4) is 0 Å². The van der Waals surface area contributed by atoms with E-state index in [-0.39, 0.29) is 5.92 Å². The van der Waals surface area contributed by atoms with Gasteiger partial charge < -0.3 is 10.4 Å². The van der Waals surface area contributed by atoms with Gasteiger partial charge in [-0.05, 0) is 41.6 Å². The maximum atomic E-state index is 11.2. The first-order valence-electron chi connectivity index (χ1n) is 6.68. The van der Waals surface area contributed by atoms with E-state index in [1.165, 1.54) is 16.3 Å². The monoisotopic (exact) mass is 255 g/mol. The van der Waals surface area contributed by atoms with E-state index in [4.69, 9.17) is 0 Å². The van der Waals surface area contributed by atoms with Crippen LogP contribution >= 0.6 is 0 Å². The highest BCUT2D eigenvalue weighted by molar-refractivity contribution is 5.85. The number of carboxylic acids is 1. The molecule has 2 aromatic carbocycles. The van der Waals surface area contributed by atoms with Crippen LogP contribution in [0.15, 0.2) is 42.5 Å². The van der Waals surface area contributed by atoms with E-state index >= 15 is 0 Å². The van der Waals surface area contributed by atoms with Crippen LogP contribution in [0.1, 0.15) is 12.0 Å². The second kappa shape index (κ2) is 5.02. The Balaban J connectivity index is 1.91. The first-order valence-corrected chi connectivity index (χ1v) is 6.68. The quantitative estimate of drug-likeness (QED) is 0.885. The van der Waals surface area contributed by atoms with Gasteiger partial charge in [0, 0.05) is 0 Å². The van der Waals surface area contributed by atoms with Crippen molar-refractivity contribution in [1.82, 2.24) is 5.32 Å². The van der Waals surface area contributed by atoms with E-state index in [9.17, 15) is 9.90 Å². The minimum Gasteiger partial charge on any atom is -0.480 e. The number of hydrogen-bond donors (Lipinski definition) is 2. The van der Waals surface area contributed by atoms with Crippen LogP contribution in [-0.4, -0.2) is 23.7 Å². The van der Waals surface area contributed by atoms with Crippen molar-refractivity contribution in [3.05, 3.63) is 48.0 Å². The van der Waals surface area contributed by atoms with Crippen molar-refractivity contribution in [2.45, 2.75) is 18.9 Å². The third kappa shape index (κ3) is 2.34. The van der Waals surface area contributed by atoms with Gasteiger partial charge in [0.15, 0.2) is 0 Å². The molecule has 2 atom stereocenters. The predicted molar refractivity (Wildman–Crippen MR) is 75.2 cm³/mol. The van der Waals surface area contributed by atoms with Crippen molar-refractivity contribution >= 4 is 16.7 Å². The highest BCUT2D eigenvalue weighted by Gasteiger charge is 2.32. The third-order valence-electron chi connectivity index (χ3n) is 3.98. The summed E-state index contributed by atoms with van der Waals surface area (Å²) in [6.45, 7) is 0.798. The summed E-state index contributed by atoms with van der Waals surface area (Å²) >= 11 is 0. The molecule has 1 saturated heterocycles. The number of nitrogens with one attached hydrogen (secondary N) is 1. The molecule has 0 aromatic heterocycles. The number of carbonyl (C=O) groups is 1. The molecule has 0 aliphatic carbocycles. The zero-order chi connectivity index (χ0) is 13.2. The van der Waals surface area contributed by atoms with E-state index in [2.05, 4.69) is 35.6 Å². The summed E-state index contributed by atoms with van der Waals surface area (Å²) < 4.78 is 0. The first kappa shape index (κ1) is 12.2. The molecule has 19 heavy (non-hydrogen) atoms. The first-order chi connectivity index (χ1) is 9.25. The van der Waals surface area contributed by atoms with Gasteiger partial charge >= 0.3 is 5.97 Å². The number of aliphatic carboxylic acids is 1. The lowest BCUT2D eigenvalue weighted by molar-refractivity contribution is -0.140. The molecule has 2 aromatic rings. The Kier molecular flexibility index (Phi) is 3.22. The molecule has 98 valence electrons. The van der Waals surface area contributed by atoms with Crippen LogP contribution in [0, 0.1) is 5.92 Å². The fraction of sp³-hybridized carbons (Fsp3) is 0.312. The Morgan fingerprint density at radius 2 is 2.00 bits per heavy atom. The fourth-order valence-corrected chi connectivity index (χ4v) is 3.02. The van der Waals surface area contributed by atoms with Gasteiger partial charge in [-0.3, -0.25) is 4.79 Å². The minimum atomic E-state index is -0.734. The SMILES string of the molecule is O=C(O)[C@H]1NCCC1Cc1cccc2ccccc12. The summed E-state index contributed by atoms with van der Waals surface area (Å²) in [7, 11) is 0. The van der Waals surface area contributed by atoms with Crippen molar-refractivity contribution in [3.8, 4) is 0 Å². The molecule has 3 heteroatoms. The van der Waals surface area contributed by atoms with E-state index < -0.39 is 12.0 Å². The largest absolute Gasteiger partial charge is 0.480 e. The second-order valence-corrected chi connectivity index (χ2v) is 5.16. The number of hydrogen-bond acceptors (Lipinski definition) is 2. The Bertz CT molecular complexity index is 603. The number of fused-ring (bicyclic) bond motifs is 1. The maximum absolute atomic E-state index is 11.2. The van der Waals surface area contributed by atoms with Gasteiger partial charge in [0.05, 0.1) is 0 Å². The number of rotatable bonds is 3. The average Bonchev–Trinajstić information content (AvgIpc) is 2.87. The molecule has 0 saturated carbocycles. The number of benzene rings is 2. The van der Waals surface area contributed by atoms with E-state index in [1.54, 1.807) is 0 Å². The van der Waals surface area contributed by atoms with Crippen LogP contribution in [0.25, 0.3) is 10.8 Å². The highest BCUT2D eigenvalue weighted by Crippen LogP contribution is 2.26. The normalized spacial score (nSPS) is 22.7. The van der Waals surface area contributed by atoms with Gasteiger partial charge in [0.25, 0.3) is 0 Å². The molecule has 3 nitrogen and oxygen atoms in total. The van der Waals surface area contributed by atoms with Crippen molar-refractivity contribution in [2.75, 3.05) is 6.54 Å². The van der Waals surface area contributed by atoms with Gasteiger partial charge in [-0.1, -0.05) is 42.5 Å². The molecule has 1 aliphatic heterocycles. The van der Waals surface area contributed by atoms with Crippen molar-refractivity contribution in [1.29, 1.82) is 0 Å². The Morgan fingerprint density at radius 3 is 2.84 bits per heavy atom. The Labute approximate surface area is 112 Å². The van der Waals surface area contributed by atoms with Gasteiger partial charge in [-0.15, -0.1) is 0 Å². The zero-order valence-corrected chi connectivity index (χ0v) is 10.7. The Hall–Kier alpha value is -1.87. The highest BCUT2D eigenvalue weighted by atomic mass is 16.4. The molecule has 3 rings (SSSR count). The van der Waals surface area contributed by atoms with Gasteiger partial charge in [-0.25, -0.2) is 0 Å². The molecule has 1 fully saturated rings. The van der Waals surface area contributed by atoms with E-state index in [1.807, 2.05) is 12.1 Å². The average molecular weight is 255 g/mol. The summed E-state index contributed by atoms with van der Waals surface area (Å²) in [5, 5.41) is 14.7. The Morgan fingerprint density at radius 1 is 1.21 bits per heavy atom. The van der Waals surface area contributed by atoms with Crippen LogP contribution in [0.5, 0.6) is 0 Å². The lowest BCUT2D eigenvalue weighted by atomic mass is 9.90. The summed E-state index contributed by atoms with van der Waals surface area (Å²) in [5.41, 5.74) is 1.25. The molecule has 0 bridgehead atoms.